The number of benzene rings is 2. The first-order valence-corrected chi connectivity index (χ1v) is 9.59. The number of carbonyl (C=O) groups excluding carboxylic acids is 1. The third-order valence-electron chi connectivity index (χ3n) is 5.49. The van der Waals surface area contributed by atoms with Crippen molar-refractivity contribution in [2.24, 2.45) is 0 Å². The summed E-state index contributed by atoms with van der Waals surface area (Å²) in [5.41, 5.74) is 2.88. The zero-order valence-corrected chi connectivity index (χ0v) is 16.3. The number of carbonyl (C=O) groups is 1. The van der Waals surface area contributed by atoms with E-state index in [2.05, 4.69) is 22.0 Å². The van der Waals surface area contributed by atoms with E-state index in [4.69, 9.17) is 9.47 Å². The van der Waals surface area contributed by atoms with E-state index >= 15 is 0 Å². The molecule has 6 nitrogen and oxygen atoms in total. The molecule has 0 unspecified atom stereocenters. The lowest BCUT2D eigenvalue weighted by molar-refractivity contribution is -0.892. The largest absolute Gasteiger partial charge is 0.497 e. The number of piperazine rings is 1. The molecule has 1 aliphatic heterocycles. The van der Waals surface area contributed by atoms with E-state index in [9.17, 15) is 4.79 Å². The highest BCUT2D eigenvalue weighted by molar-refractivity contribution is 6.08. The Kier molecular flexibility index (Phi) is 5.21. The number of fused-ring (bicyclic) bond motifs is 1. The first kappa shape index (κ1) is 18.4. The topological polar surface area (TPSA) is 59.0 Å². The fourth-order valence-corrected chi connectivity index (χ4v) is 3.84. The van der Waals surface area contributed by atoms with Crippen LogP contribution in [0.25, 0.3) is 10.9 Å². The summed E-state index contributed by atoms with van der Waals surface area (Å²) in [5, 5.41) is 0.929. The summed E-state index contributed by atoms with van der Waals surface area (Å²) in [5.74, 6) is 1.81. The number of quaternary nitrogens is 1. The van der Waals surface area contributed by atoms with Crippen molar-refractivity contribution in [2.75, 3.05) is 51.8 Å². The second-order valence-electron chi connectivity index (χ2n) is 7.15. The molecular formula is C22H26N3O3+. The average molecular weight is 380 g/mol. The van der Waals surface area contributed by atoms with Crippen LogP contribution in [-0.2, 0) is 0 Å². The van der Waals surface area contributed by atoms with E-state index in [1.807, 2.05) is 36.5 Å². The Morgan fingerprint density at radius 1 is 1.07 bits per heavy atom. The molecule has 0 amide bonds. The number of methoxy groups -OCH3 is 2. The average Bonchev–Trinajstić information content (AvgIpc) is 3.17. The van der Waals surface area contributed by atoms with Crippen LogP contribution in [-0.4, -0.2) is 57.7 Å². The molecule has 28 heavy (non-hydrogen) atoms. The molecule has 1 aromatic heterocycles. The molecule has 0 spiro atoms. The molecule has 3 aromatic rings. The predicted molar refractivity (Wildman–Crippen MR) is 110 cm³/mol. The maximum Gasteiger partial charge on any atom is 0.219 e. The summed E-state index contributed by atoms with van der Waals surface area (Å²) in [6.45, 7) is 4.24. The lowest BCUT2D eigenvalue weighted by Crippen LogP contribution is -3.15. The SMILES string of the molecule is COc1cccc(N2CC[NH+](CC(=O)c3c[nH]c4ccc(OC)cc34)CC2)c1. The predicted octanol–water partition coefficient (Wildman–Crippen LogP) is 1.77. The maximum atomic E-state index is 12.9. The van der Waals surface area contributed by atoms with Gasteiger partial charge in [-0.3, -0.25) is 4.79 Å². The number of hydrogen-bond donors (Lipinski definition) is 2. The monoisotopic (exact) mass is 380 g/mol. The number of nitrogens with one attached hydrogen (secondary N) is 2. The lowest BCUT2D eigenvalue weighted by Gasteiger charge is -2.33. The number of rotatable bonds is 6. The van der Waals surface area contributed by atoms with Crippen molar-refractivity contribution in [3.05, 3.63) is 54.2 Å². The second-order valence-corrected chi connectivity index (χ2v) is 7.15. The van der Waals surface area contributed by atoms with Crippen LogP contribution >= 0.6 is 0 Å². The van der Waals surface area contributed by atoms with Gasteiger partial charge < -0.3 is 24.3 Å². The Morgan fingerprint density at radius 3 is 2.57 bits per heavy atom. The Balaban J connectivity index is 1.40. The van der Waals surface area contributed by atoms with Crippen LogP contribution in [0.15, 0.2) is 48.7 Å². The van der Waals surface area contributed by atoms with Gasteiger partial charge in [0, 0.05) is 34.4 Å². The minimum absolute atomic E-state index is 0.171. The Morgan fingerprint density at radius 2 is 1.82 bits per heavy atom. The summed E-state index contributed by atoms with van der Waals surface area (Å²) in [6.07, 6.45) is 1.82. The number of aromatic amines is 1. The first-order chi connectivity index (χ1) is 13.7. The summed E-state index contributed by atoms with van der Waals surface area (Å²) in [4.78, 5) is 19.8. The Hall–Kier alpha value is -2.99. The standard InChI is InChI=1S/C22H25N3O3/c1-27-17-5-3-4-16(12-17)25-10-8-24(9-11-25)15-22(26)20-14-23-21-7-6-18(28-2)13-19(20)21/h3-7,12-14,23H,8-11,15H2,1-2H3/p+1. The molecule has 2 N–H and O–H groups in total. The molecule has 146 valence electrons. The van der Waals surface area contributed by atoms with Crippen LogP contribution in [0.1, 0.15) is 10.4 Å². The second kappa shape index (κ2) is 7.94. The number of ether oxygens (including phenoxy) is 2. The van der Waals surface area contributed by atoms with E-state index in [1.165, 1.54) is 10.6 Å². The molecule has 2 heterocycles. The zero-order valence-electron chi connectivity index (χ0n) is 16.3. The number of aromatic nitrogens is 1. The molecule has 0 radical (unpaired) electrons. The fraction of sp³-hybridized carbons (Fsp3) is 0.318. The highest BCUT2D eigenvalue weighted by atomic mass is 16.5. The van der Waals surface area contributed by atoms with Crippen LogP contribution in [0.3, 0.4) is 0 Å². The Labute approximate surface area is 164 Å². The van der Waals surface area contributed by atoms with Gasteiger partial charge in [0.05, 0.1) is 40.4 Å². The van der Waals surface area contributed by atoms with Gasteiger partial charge in [-0.1, -0.05) is 6.07 Å². The summed E-state index contributed by atoms with van der Waals surface area (Å²) < 4.78 is 10.6. The molecule has 0 atom stereocenters. The van der Waals surface area contributed by atoms with E-state index in [1.54, 1.807) is 14.2 Å². The van der Waals surface area contributed by atoms with E-state index in [0.717, 1.165) is 54.1 Å². The molecule has 1 aliphatic rings. The third-order valence-corrected chi connectivity index (χ3v) is 5.49. The van der Waals surface area contributed by atoms with Crippen LogP contribution in [0.4, 0.5) is 5.69 Å². The molecule has 4 rings (SSSR count). The summed E-state index contributed by atoms with van der Waals surface area (Å²) in [6, 6.07) is 13.9. The van der Waals surface area contributed by atoms with Gasteiger partial charge in [-0.2, -0.15) is 0 Å². The molecule has 6 heteroatoms. The van der Waals surface area contributed by atoms with Gasteiger partial charge >= 0.3 is 0 Å². The van der Waals surface area contributed by atoms with Crippen LogP contribution in [0.2, 0.25) is 0 Å². The van der Waals surface area contributed by atoms with Gasteiger partial charge in [-0.25, -0.2) is 0 Å². The van der Waals surface area contributed by atoms with Gasteiger partial charge in [0.2, 0.25) is 5.78 Å². The van der Waals surface area contributed by atoms with Gasteiger partial charge in [0.25, 0.3) is 0 Å². The van der Waals surface area contributed by atoms with Crippen molar-refractivity contribution >= 4 is 22.4 Å². The minimum Gasteiger partial charge on any atom is -0.497 e. The van der Waals surface area contributed by atoms with Crippen molar-refractivity contribution in [3.63, 3.8) is 0 Å². The normalized spacial score (nSPS) is 15.0. The molecule has 2 aromatic carbocycles. The molecule has 0 aliphatic carbocycles. The van der Waals surface area contributed by atoms with Crippen molar-refractivity contribution < 1.29 is 19.2 Å². The molecular weight excluding hydrogens is 354 g/mol. The van der Waals surface area contributed by atoms with Gasteiger partial charge in [-0.05, 0) is 30.3 Å². The fourth-order valence-electron chi connectivity index (χ4n) is 3.84. The maximum absolute atomic E-state index is 12.9. The smallest absolute Gasteiger partial charge is 0.219 e. The number of H-pyrrole nitrogens is 1. The summed E-state index contributed by atoms with van der Waals surface area (Å²) >= 11 is 0. The first-order valence-electron chi connectivity index (χ1n) is 9.59. The van der Waals surface area contributed by atoms with Crippen LogP contribution < -0.4 is 19.3 Å². The summed E-state index contributed by atoms with van der Waals surface area (Å²) in [7, 11) is 3.33. The molecule has 0 saturated carbocycles. The Bertz CT molecular complexity index is 974. The zero-order chi connectivity index (χ0) is 19.5. The van der Waals surface area contributed by atoms with Crippen LogP contribution in [0.5, 0.6) is 11.5 Å². The highest BCUT2D eigenvalue weighted by Crippen LogP contribution is 2.24. The molecule has 0 bridgehead atoms. The van der Waals surface area contributed by atoms with Gasteiger partial charge in [0.15, 0.2) is 0 Å². The van der Waals surface area contributed by atoms with Crippen molar-refractivity contribution in [3.8, 4) is 11.5 Å². The van der Waals surface area contributed by atoms with E-state index in [-0.39, 0.29) is 5.78 Å². The van der Waals surface area contributed by atoms with E-state index in [0.29, 0.717) is 6.54 Å². The lowest BCUT2D eigenvalue weighted by atomic mass is 10.1. The molecule has 1 saturated heterocycles. The number of anilines is 1. The number of nitrogens with zero attached hydrogens (tertiary/aromatic N) is 1. The van der Waals surface area contributed by atoms with Gasteiger partial charge in [0.1, 0.15) is 18.0 Å². The van der Waals surface area contributed by atoms with Crippen LogP contribution in [0, 0.1) is 0 Å². The van der Waals surface area contributed by atoms with E-state index < -0.39 is 0 Å². The van der Waals surface area contributed by atoms with Crippen molar-refractivity contribution in [2.45, 2.75) is 0 Å². The third kappa shape index (κ3) is 3.68. The minimum atomic E-state index is 0.171. The highest BCUT2D eigenvalue weighted by Gasteiger charge is 2.24. The molecule has 1 fully saturated rings. The number of Topliss-reactive ketones (excluding diaryl/α,β-unsaturated/α-hetero) is 1. The number of hydrogen-bond acceptors (Lipinski definition) is 4. The number of ketones is 1. The quantitative estimate of drug-likeness (QED) is 0.640. The van der Waals surface area contributed by atoms with Gasteiger partial charge in [-0.15, -0.1) is 0 Å². The van der Waals surface area contributed by atoms with Crippen molar-refractivity contribution in [1.29, 1.82) is 0 Å². The van der Waals surface area contributed by atoms with Crippen molar-refractivity contribution in [1.82, 2.24) is 4.98 Å².